The third-order valence-electron chi connectivity index (χ3n) is 4.26. The van der Waals surface area contributed by atoms with Gasteiger partial charge in [0.15, 0.2) is 0 Å². The molecule has 1 aromatic heterocycles. The van der Waals surface area contributed by atoms with Crippen molar-refractivity contribution in [2.75, 3.05) is 0 Å². The van der Waals surface area contributed by atoms with E-state index in [9.17, 15) is 9.59 Å². The van der Waals surface area contributed by atoms with Crippen molar-refractivity contribution in [1.29, 1.82) is 0 Å². The summed E-state index contributed by atoms with van der Waals surface area (Å²) >= 11 is 0. The number of allylic oxidation sites excluding steroid dienone is 3. The molecule has 1 unspecified atom stereocenters. The summed E-state index contributed by atoms with van der Waals surface area (Å²) in [7, 11) is 0. The SMILES string of the molecule is CC1=C(C)C2C=CC(=NC(=O)c3cc(C)oc3C)C=C2NC1=O. The fraction of sp³-hybridized carbons (Fsp3) is 0.278. The fourth-order valence-electron chi connectivity index (χ4n) is 2.81. The second kappa shape index (κ2) is 5.50. The van der Waals surface area contributed by atoms with Crippen molar-refractivity contribution >= 4 is 17.5 Å². The minimum atomic E-state index is -0.347. The second-order valence-electron chi connectivity index (χ2n) is 5.87. The molecule has 1 aliphatic carbocycles. The van der Waals surface area contributed by atoms with Gasteiger partial charge >= 0.3 is 0 Å². The van der Waals surface area contributed by atoms with Gasteiger partial charge in [-0.05, 0) is 45.9 Å². The highest BCUT2D eigenvalue weighted by Gasteiger charge is 2.27. The molecule has 5 nitrogen and oxygen atoms in total. The van der Waals surface area contributed by atoms with Crippen LogP contribution in [-0.2, 0) is 4.79 Å². The number of hydrogen-bond donors (Lipinski definition) is 1. The first-order valence-electron chi connectivity index (χ1n) is 7.45. The summed E-state index contributed by atoms with van der Waals surface area (Å²) in [6.07, 6.45) is 5.51. The Labute approximate surface area is 134 Å². The predicted octanol–water partition coefficient (Wildman–Crippen LogP) is 3.01. The van der Waals surface area contributed by atoms with Gasteiger partial charge in [0.05, 0.1) is 11.3 Å². The molecule has 0 saturated carbocycles. The molecule has 5 heteroatoms. The summed E-state index contributed by atoms with van der Waals surface area (Å²) in [4.78, 5) is 28.3. The third kappa shape index (κ3) is 2.70. The van der Waals surface area contributed by atoms with Crippen LogP contribution in [0.2, 0.25) is 0 Å². The van der Waals surface area contributed by atoms with Gasteiger partial charge in [0.2, 0.25) is 0 Å². The molecule has 2 heterocycles. The zero-order valence-corrected chi connectivity index (χ0v) is 13.6. The van der Waals surface area contributed by atoms with Crippen molar-refractivity contribution in [3.63, 3.8) is 0 Å². The average molecular weight is 310 g/mol. The number of aliphatic imine (C=N–C) groups is 1. The Bertz CT molecular complexity index is 834. The van der Waals surface area contributed by atoms with Crippen LogP contribution in [0.5, 0.6) is 0 Å². The van der Waals surface area contributed by atoms with Crippen LogP contribution in [0.15, 0.2) is 50.5 Å². The minimum Gasteiger partial charge on any atom is -0.466 e. The van der Waals surface area contributed by atoms with Gasteiger partial charge in [-0.15, -0.1) is 0 Å². The Hall–Kier alpha value is -2.69. The first-order valence-corrected chi connectivity index (χ1v) is 7.45. The van der Waals surface area contributed by atoms with Crippen LogP contribution in [0.4, 0.5) is 0 Å². The quantitative estimate of drug-likeness (QED) is 0.866. The van der Waals surface area contributed by atoms with E-state index in [1.165, 1.54) is 0 Å². The zero-order chi connectivity index (χ0) is 16.7. The molecule has 1 aromatic rings. The lowest BCUT2D eigenvalue weighted by molar-refractivity contribution is -0.117. The smallest absolute Gasteiger partial charge is 0.281 e. The highest BCUT2D eigenvalue weighted by atomic mass is 16.3. The largest absolute Gasteiger partial charge is 0.466 e. The van der Waals surface area contributed by atoms with Crippen LogP contribution >= 0.6 is 0 Å². The van der Waals surface area contributed by atoms with E-state index in [0.717, 1.165) is 16.8 Å². The van der Waals surface area contributed by atoms with Crippen LogP contribution in [-0.4, -0.2) is 17.5 Å². The number of rotatable bonds is 1. The number of nitrogens with zero attached hydrogens (tertiary/aromatic N) is 1. The van der Waals surface area contributed by atoms with Crippen molar-refractivity contribution in [2.24, 2.45) is 10.9 Å². The van der Waals surface area contributed by atoms with Gasteiger partial charge in [-0.3, -0.25) is 9.59 Å². The fourth-order valence-corrected chi connectivity index (χ4v) is 2.81. The highest BCUT2D eigenvalue weighted by molar-refractivity contribution is 6.14. The molecule has 0 spiro atoms. The van der Waals surface area contributed by atoms with Gasteiger partial charge in [0.25, 0.3) is 11.8 Å². The topological polar surface area (TPSA) is 71.7 Å². The Balaban J connectivity index is 1.91. The van der Waals surface area contributed by atoms with E-state index in [2.05, 4.69) is 10.3 Å². The van der Waals surface area contributed by atoms with Crippen LogP contribution in [0.1, 0.15) is 35.7 Å². The van der Waals surface area contributed by atoms with Crippen molar-refractivity contribution < 1.29 is 14.0 Å². The summed E-state index contributed by atoms with van der Waals surface area (Å²) < 4.78 is 5.36. The number of carbonyl (C=O) groups excluding carboxylic acids is 2. The molecular weight excluding hydrogens is 292 g/mol. The van der Waals surface area contributed by atoms with E-state index in [-0.39, 0.29) is 17.7 Å². The minimum absolute atomic E-state index is 0.0413. The summed E-state index contributed by atoms with van der Waals surface area (Å²) in [6, 6.07) is 1.68. The lowest BCUT2D eigenvalue weighted by Crippen LogP contribution is -2.35. The zero-order valence-electron chi connectivity index (χ0n) is 13.6. The molecule has 0 bridgehead atoms. The molecule has 3 rings (SSSR count). The molecule has 118 valence electrons. The maximum Gasteiger partial charge on any atom is 0.281 e. The summed E-state index contributed by atoms with van der Waals surface area (Å²) in [6.45, 7) is 7.29. The van der Waals surface area contributed by atoms with E-state index in [1.807, 2.05) is 26.0 Å². The van der Waals surface area contributed by atoms with E-state index in [1.54, 1.807) is 26.0 Å². The summed E-state index contributed by atoms with van der Waals surface area (Å²) in [5.41, 5.74) is 3.49. The lowest BCUT2D eigenvalue weighted by atomic mass is 9.85. The number of amides is 2. The number of hydrogen-bond acceptors (Lipinski definition) is 3. The van der Waals surface area contributed by atoms with Gasteiger partial charge in [-0.2, -0.15) is 0 Å². The number of nitrogens with one attached hydrogen (secondary N) is 1. The molecule has 2 amide bonds. The van der Waals surface area contributed by atoms with Crippen molar-refractivity contribution in [1.82, 2.24) is 5.32 Å². The molecule has 1 N–H and O–H groups in total. The van der Waals surface area contributed by atoms with E-state index in [4.69, 9.17) is 4.42 Å². The monoisotopic (exact) mass is 310 g/mol. The summed E-state index contributed by atoms with van der Waals surface area (Å²) in [5, 5.41) is 2.86. The molecule has 0 fully saturated rings. The molecule has 1 atom stereocenters. The predicted molar refractivity (Wildman–Crippen MR) is 87.2 cm³/mol. The maximum atomic E-state index is 12.3. The molecule has 1 aliphatic heterocycles. The maximum absolute atomic E-state index is 12.3. The first-order chi connectivity index (χ1) is 10.9. The van der Waals surface area contributed by atoms with Crippen molar-refractivity contribution in [3.8, 4) is 0 Å². The number of furan rings is 1. The van der Waals surface area contributed by atoms with Crippen molar-refractivity contribution in [2.45, 2.75) is 27.7 Å². The van der Waals surface area contributed by atoms with E-state index >= 15 is 0 Å². The average Bonchev–Trinajstić information content (AvgIpc) is 2.83. The van der Waals surface area contributed by atoms with Crippen LogP contribution in [0, 0.1) is 19.8 Å². The Morgan fingerprint density at radius 1 is 1.26 bits per heavy atom. The molecule has 0 aromatic carbocycles. The Morgan fingerprint density at radius 3 is 2.65 bits per heavy atom. The standard InChI is InChI=1S/C18H18N2O3/c1-9-7-15(12(4)23-9)18(22)19-13-5-6-14-10(2)11(3)17(21)20-16(14)8-13/h5-8,14H,1-4H3,(H,20,21). The normalized spacial score (nSPS) is 22.1. The van der Waals surface area contributed by atoms with Gasteiger partial charge in [-0.1, -0.05) is 11.6 Å². The Kier molecular flexibility index (Phi) is 3.64. The number of fused-ring (bicyclic) bond motifs is 1. The van der Waals surface area contributed by atoms with E-state index in [0.29, 0.717) is 22.8 Å². The highest BCUT2D eigenvalue weighted by Crippen LogP contribution is 2.30. The van der Waals surface area contributed by atoms with Crippen LogP contribution < -0.4 is 5.32 Å². The van der Waals surface area contributed by atoms with Gasteiger partial charge in [0, 0.05) is 17.2 Å². The van der Waals surface area contributed by atoms with Gasteiger partial charge in [0.1, 0.15) is 11.5 Å². The van der Waals surface area contributed by atoms with Crippen LogP contribution in [0.3, 0.4) is 0 Å². The van der Waals surface area contributed by atoms with Crippen molar-refractivity contribution in [3.05, 3.63) is 58.2 Å². The molecule has 23 heavy (non-hydrogen) atoms. The Morgan fingerprint density at radius 2 is 2.00 bits per heavy atom. The van der Waals surface area contributed by atoms with Gasteiger partial charge < -0.3 is 9.73 Å². The number of carbonyl (C=O) groups is 2. The lowest BCUT2D eigenvalue weighted by Gasteiger charge is -2.28. The molecule has 0 radical (unpaired) electrons. The summed E-state index contributed by atoms with van der Waals surface area (Å²) in [5.74, 6) is 0.828. The second-order valence-corrected chi connectivity index (χ2v) is 5.87. The molecule has 2 aliphatic rings. The molecular formula is C18H18N2O3. The first kappa shape index (κ1) is 15.2. The van der Waals surface area contributed by atoms with Crippen LogP contribution in [0.25, 0.3) is 0 Å². The van der Waals surface area contributed by atoms with E-state index < -0.39 is 0 Å². The number of aryl methyl sites for hydroxylation is 2. The third-order valence-corrected chi connectivity index (χ3v) is 4.26. The molecule has 0 saturated heterocycles. The van der Waals surface area contributed by atoms with Gasteiger partial charge in [-0.25, -0.2) is 4.99 Å².